The van der Waals surface area contributed by atoms with E-state index in [1.807, 2.05) is 27.7 Å². The zero-order chi connectivity index (χ0) is 11.2. The molecule has 0 saturated carbocycles. The fraction of sp³-hybridized carbons (Fsp3) is 0.750. The van der Waals surface area contributed by atoms with Gasteiger partial charge in [0.1, 0.15) is 5.60 Å². The first-order chi connectivity index (χ1) is 6.31. The number of carbonyl (C=O) groups is 1. The molecule has 0 aliphatic heterocycles. The number of ether oxygens (including phenoxy) is 1. The zero-order valence-electron chi connectivity index (χ0n) is 9.85. The summed E-state index contributed by atoms with van der Waals surface area (Å²) in [4.78, 5) is 11.3. The van der Waals surface area contributed by atoms with Gasteiger partial charge in [0.25, 0.3) is 0 Å². The van der Waals surface area contributed by atoms with Crippen LogP contribution in [-0.4, -0.2) is 11.6 Å². The highest BCUT2D eigenvalue weighted by Gasteiger charge is 2.15. The van der Waals surface area contributed by atoms with Crippen LogP contribution in [0.15, 0.2) is 12.2 Å². The van der Waals surface area contributed by atoms with Crippen LogP contribution in [0.5, 0.6) is 0 Å². The van der Waals surface area contributed by atoms with Crippen molar-refractivity contribution in [2.45, 2.75) is 59.0 Å². The lowest BCUT2D eigenvalue weighted by atomic mass is 10.1. The molecule has 0 amide bonds. The zero-order valence-corrected chi connectivity index (χ0v) is 9.85. The second-order valence-electron chi connectivity index (χ2n) is 4.75. The van der Waals surface area contributed by atoms with Gasteiger partial charge < -0.3 is 4.74 Å². The van der Waals surface area contributed by atoms with Gasteiger partial charge in [-0.2, -0.15) is 0 Å². The first-order valence-corrected chi connectivity index (χ1v) is 5.17. The molecule has 0 fully saturated rings. The molecule has 0 radical (unpaired) electrons. The second kappa shape index (κ2) is 5.84. The van der Waals surface area contributed by atoms with Crippen LogP contribution >= 0.6 is 0 Å². The summed E-state index contributed by atoms with van der Waals surface area (Å²) >= 11 is 0. The summed E-state index contributed by atoms with van der Waals surface area (Å²) in [6, 6.07) is 0. The minimum absolute atomic E-state index is 0.0979. The largest absolute Gasteiger partial charge is 0.460 e. The van der Waals surface area contributed by atoms with Gasteiger partial charge in [-0.15, -0.1) is 6.58 Å². The third kappa shape index (κ3) is 9.30. The fourth-order valence-electron chi connectivity index (χ4n) is 1.09. The number of esters is 1. The Labute approximate surface area is 87.3 Å². The normalized spacial score (nSPS) is 11.1. The van der Waals surface area contributed by atoms with Crippen LogP contribution in [0.4, 0.5) is 0 Å². The van der Waals surface area contributed by atoms with Crippen LogP contribution in [-0.2, 0) is 9.53 Å². The summed E-state index contributed by atoms with van der Waals surface area (Å²) in [6.45, 7) is 11.5. The predicted octanol–water partition coefficient (Wildman–Crippen LogP) is 3.46. The first-order valence-electron chi connectivity index (χ1n) is 5.17. The van der Waals surface area contributed by atoms with E-state index in [1.54, 1.807) is 0 Å². The first kappa shape index (κ1) is 13.2. The lowest BCUT2D eigenvalue weighted by Crippen LogP contribution is -2.23. The molecule has 0 saturated heterocycles. The lowest BCUT2D eigenvalue weighted by Gasteiger charge is -2.19. The van der Waals surface area contributed by atoms with Crippen molar-refractivity contribution in [1.82, 2.24) is 0 Å². The molecule has 14 heavy (non-hydrogen) atoms. The Morgan fingerprint density at radius 3 is 2.14 bits per heavy atom. The fourth-order valence-corrected chi connectivity index (χ4v) is 1.09. The Bertz CT molecular complexity index is 199. The van der Waals surface area contributed by atoms with Gasteiger partial charge >= 0.3 is 5.97 Å². The minimum atomic E-state index is -0.356. The molecule has 2 nitrogen and oxygen atoms in total. The minimum Gasteiger partial charge on any atom is -0.460 e. The van der Waals surface area contributed by atoms with E-state index in [1.165, 1.54) is 5.57 Å². The van der Waals surface area contributed by atoms with Crippen LogP contribution in [0.25, 0.3) is 0 Å². The van der Waals surface area contributed by atoms with Crippen molar-refractivity contribution in [3.05, 3.63) is 12.2 Å². The molecule has 0 atom stereocenters. The molecule has 0 heterocycles. The predicted molar refractivity (Wildman–Crippen MR) is 59.1 cm³/mol. The van der Waals surface area contributed by atoms with Gasteiger partial charge in [-0.1, -0.05) is 5.57 Å². The van der Waals surface area contributed by atoms with Crippen LogP contribution in [0.1, 0.15) is 53.4 Å². The van der Waals surface area contributed by atoms with E-state index in [2.05, 4.69) is 6.58 Å². The highest BCUT2D eigenvalue weighted by Crippen LogP contribution is 2.11. The molecule has 0 aliphatic rings. The molecule has 0 aromatic carbocycles. The number of unbranched alkanes of at least 4 members (excludes halogenated alkanes) is 1. The topological polar surface area (TPSA) is 26.3 Å². The summed E-state index contributed by atoms with van der Waals surface area (Å²) in [5, 5.41) is 0. The molecule has 0 rings (SSSR count). The van der Waals surface area contributed by atoms with Crippen LogP contribution in [0.3, 0.4) is 0 Å². The molecule has 0 bridgehead atoms. The maximum atomic E-state index is 11.3. The molecule has 0 N–H and O–H groups in total. The van der Waals surface area contributed by atoms with Gasteiger partial charge in [-0.25, -0.2) is 0 Å². The second-order valence-corrected chi connectivity index (χ2v) is 4.75. The van der Waals surface area contributed by atoms with Crippen LogP contribution < -0.4 is 0 Å². The van der Waals surface area contributed by atoms with Crippen molar-refractivity contribution in [1.29, 1.82) is 0 Å². The molecule has 0 unspecified atom stereocenters. The van der Waals surface area contributed by atoms with Crippen molar-refractivity contribution in [3.63, 3.8) is 0 Å². The van der Waals surface area contributed by atoms with Gasteiger partial charge in [-0.3, -0.25) is 4.79 Å². The third-order valence-electron chi connectivity index (χ3n) is 1.65. The van der Waals surface area contributed by atoms with E-state index >= 15 is 0 Å². The van der Waals surface area contributed by atoms with Gasteiger partial charge in [0, 0.05) is 6.42 Å². The van der Waals surface area contributed by atoms with Gasteiger partial charge in [0.15, 0.2) is 0 Å². The molecule has 0 spiro atoms. The summed E-state index contributed by atoms with van der Waals surface area (Å²) in [7, 11) is 0. The monoisotopic (exact) mass is 198 g/mol. The maximum absolute atomic E-state index is 11.3. The Kier molecular flexibility index (Phi) is 5.51. The maximum Gasteiger partial charge on any atom is 0.306 e. The molecule has 2 heteroatoms. The van der Waals surface area contributed by atoms with Gasteiger partial charge in [-0.05, 0) is 47.0 Å². The van der Waals surface area contributed by atoms with Crippen molar-refractivity contribution in [3.8, 4) is 0 Å². The number of rotatable bonds is 5. The highest BCUT2D eigenvalue weighted by molar-refractivity contribution is 5.69. The number of allylic oxidation sites excluding steroid dienone is 1. The van der Waals surface area contributed by atoms with Crippen molar-refractivity contribution in [2.24, 2.45) is 0 Å². The van der Waals surface area contributed by atoms with Gasteiger partial charge in [0.05, 0.1) is 0 Å². The van der Waals surface area contributed by atoms with E-state index in [-0.39, 0.29) is 11.6 Å². The Morgan fingerprint density at radius 2 is 1.71 bits per heavy atom. The molecule has 0 aromatic heterocycles. The van der Waals surface area contributed by atoms with E-state index < -0.39 is 0 Å². The average molecular weight is 198 g/mol. The van der Waals surface area contributed by atoms with E-state index in [9.17, 15) is 4.79 Å². The molecule has 0 aliphatic carbocycles. The summed E-state index contributed by atoms with van der Waals surface area (Å²) in [5.74, 6) is -0.0979. The molecule has 0 aromatic rings. The highest BCUT2D eigenvalue weighted by atomic mass is 16.6. The smallest absolute Gasteiger partial charge is 0.306 e. The molecule has 82 valence electrons. The summed E-state index contributed by atoms with van der Waals surface area (Å²) in [5.41, 5.74) is 0.819. The van der Waals surface area contributed by atoms with Gasteiger partial charge in [0.2, 0.25) is 0 Å². The summed E-state index contributed by atoms with van der Waals surface area (Å²) in [6.07, 6.45) is 3.43. The van der Waals surface area contributed by atoms with Crippen molar-refractivity contribution >= 4 is 5.97 Å². The molecular formula is C12H22O2. The number of hydrogen-bond acceptors (Lipinski definition) is 2. The Balaban J connectivity index is 3.50. The SMILES string of the molecule is C=C(C)CCCCC(=O)OC(C)(C)C. The average Bonchev–Trinajstić information content (AvgIpc) is 1.94. The quantitative estimate of drug-likeness (QED) is 0.384. The Morgan fingerprint density at radius 1 is 1.21 bits per heavy atom. The van der Waals surface area contributed by atoms with Crippen LogP contribution in [0.2, 0.25) is 0 Å². The standard InChI is InChI=1S/C12H22O2/c1-10(2)8-6-7-9-11(13)14-12(3,4)5/h1,6-9H2,2-5H3. The lowest BCUT2D eigenvalue weighted by molar-refractivity contribution is -0.154. The Hall–Kier alpha value is -0.790. The van der Waals surface area contributed by atoms with Crippen LogP contribution in [0, 0.1) is 0 Å². The molecular weight excluding hydrogens is 176 g/mol. The van der Waals surface area contributed by atoms with Crippen molar-refractivity contribution < 1.29 is 9.53 Å². The van der Waals surface area contributed by atoms with E-state index in [4.69, 9.17) is 4.74 Å². The third-order valence-corrected chi connectivity index (χ3v) is 1.65. The number of hydrogen-bond donors (Lipinski definition) is 0. The van der Waals surface area contributed by atoms with Crippen molar-refractivity contribution in [2.75, 3.05) is 0 Å². The van der Waals surface area contributed by atoms with E-state index in [0.717, 1.165) is 19.3 Å². The van der Waals surface area contributed by atoms with E-state index in [0.29, 0.717) is 6.42 Å². The number of carbonyl (C=O) groups excluding carboxylic acids is 1. The summed E-state index contributed by atoms with van der Waals surface area (Å²) < 4.78 is 5.18.